The number of para-hydroxylation sites is 4. The zero-order chi connectivity index (χ0) is 51.9. The molecule has 0 amide bonds. The number of benzene rings is 10. The van der Waals surface area contributed by atoms with Gasteiger partial charge in [-0.25, -0.2) is 4.98 Å². The lowest BCUT2D eigenvalue weighted by molar-refractivity contribution is 0.535. The lowest BCUT2D eigenvalue weighted by atomic mass is 9.80. The van der Waals surface area contributed by atoms with E-state index in [1.54, 1.807) is 0 Å². The van der Waals surface area contributed by atoms with Crippen molar-refractivity contribution in [1.29, 1.82) is 0 Å². The second-order valence-electron chi connectivity index (χ2n) is 21.7. The van der Waals surface area contributed by atoms with Gasteiger partial charge < -0.3 is 14.0 Å². The molecule has 0 N–H and O–H groups in total. The molecule has 5 heterocycles. The minimum atomic E-state index is -0.567. The lowest BCUT2D eigenvalue weighted by Gasteiger charge is -2.38. The van der Waals surface area contributed by atoms with Crippen LogP contribution in [0.5, 0.6) is 0 Å². The molecule has 372 valence electrons. The van der Waals surface area contributed by atoms with Crippen LogP contribution in [0, 0.1) is 0 Å². The average Bonchev–Trinajstić information content (AvgIpc) is 3.03. The summed E-state index contributed by atoms with van der Waals surface area (Å²) in [6.07, 6.45) is 18.2. The molecule has 2 aliphatic heterocycles. The molecule has 4 atom stereocenters. The molecule has 7 heteroatoms. The standard InChI is InChI=1S/C72H49N7/c1-72-39-17-16-27-60(72)58-37-38-66-67(68(58)79(72)71-74-69(49-35-33-45-18-2-4-20-47(45)40-49)73-70(75-71)50-36-34-46-19-3-5-21-48(46)41-50)59-26-10-15-32-65(59)78(66)53-43-51(76-61-28-11-6-22-54(61)55-23-7-12-29-62(55)76)42-52(44-53)77-63-30-13-8-24-56(63)57-25-9-14-31-64(57)77/h2-44,54,60-61H,1H3. The van der Waals surface area contributed by atoms with Crippen LogP contribution in [0.3, 0.4) is 0 Å². The Morgan fingerprint density at radius 3 is 1.65 bits per heavy atom. The van der Waals surface area contributed by atoms with Gasteiger partial charge in [0.25, 0.3) is 0 Å². The van der Waals surface area contributed by atoms with Crippen molar-refractivity contribution < 1.29 is 0 Å². The van der Waals surface area contributed by atoms with E-state index < -0.39 is 5.54 Å². The molecule has 0 saturated heterocycles. The Morgan fingerprint density at radius 2 is 0.962 bits per heavy atom. The summed E-state index contributed by atoms with van der Waals surface area (Å²) in [7, 11) is 0. The lowest BCUT2D eigenvalue weighted by Crippen LogP contribution is -2.43. The molecular formula is C72H49N7. The highest BCUT2D eigenvalue weighted by Crippen LogP contribution is 2.58. The highest BCUT2D eigenvalue weighted by atomic mass is 15.3. The maximum atomic E-state index is 5.58. The minimum Gasteiger partial charge on any atom is -0.333 e. The van der Waals surface area contributed by atoms with Crippen LogP contribution in [-0.4, -0.2) is 35.7 Å². The number of hydrogen-bond acceptors (Lipinski definition) is 5. The first-order valence-corrected chi connectivity index (χ1v) is 27.4. The number of anilines is 4. The molecule has 7 nitrogen and oxygen atoms in total. The predicted octanol–water partition coefficient (Wildman–Crippen LogP) is 17.6. The van der Waals surface area contributed by atoms with Crippen molar-refractivity contribution in [1.82, 2.24) is 24.1 Å². The van der Waals surface area contributed by atoms with E-state index in [-0.39, 0.29) is 17.9 Å². The molecule has 0 fully saturated rings. The smallest absolute Gasteiger partial charge is 0.234 e. The Kier molecular flexibility index (Phi) is 9.31. The molecule has 0 spiro atoms. The van der Waals surface area contributed by atoms with Crippen LogP contribution in [0.15, 0.2) is 261 Å². The Bertz CT molecular complexity index is 4730. The van der Waals surface area contributed by atoms with Gasteiger partial charge in [-0.1, -0.05) is 200 Å². The van der Waals surface area contributed by atoms with Crippen molar-refractivity contribution in [3.05, 3.63) is 272 Å². The monoisotopic (exact) mass is 1010 g/mol. The van der Waals surface area contributed by atoms with E-state index in [0.29, 0.717) is 17.6 Å². The third kappa shape index (κ3) is 6.44. The molecule has 4 unspecified atom stereocenters. The third-order valence-corrected chi connectivity index (χ3v) is 17.4. The van der Waals surface area contributed by atoms with Gasteiger partial charge in [0.15, 0.2) is 11.6 Å². The van der Waals surface area contributed by atoms with Crippen molar-refractivity contribution in [2.45, 2.75) is 30.3 Å². The highest BCUT2D eigenvalue weighted by Gasteiger charge is 2.50. The summed E-state index contributed by atoms with van der Waals surface area (Å²) < 4.78 is 4.97. The van der Waals surface area contributed by atoms with Gasteiger partial charge in [-0.05, 0) is 100 Å². The summed E-state index contributed by atoms with van der Waals surface area (Å²) in [5.74, 6) is 2.09. The maximum absolute atomic E-state index is 5.58. The Labute approximate surface area is 456 Å². The zero-order valence-electron chi connectivity index (χ0n) is 43.2. The van der Waals surface area contributed by atoms with E-state index >= 15 is 0 Å². The van der Waals surface area contributed by atoms with Crippen molar-refractivity contribution in [2.75, 3.05) is 9.80 Å². The number of rotatable bonds is 6. The van der Waals surface area contributed by atoms with Crippen LogP contribution < -0.4 is 9.80 Å². The van der Waals surface area contributed by atoms with E-state index in [1.165, 1.54) is 49.4 Å². The van der Waals surface area contributed by atoms with Crippen LogP contribution >= 0.6 is 0 Å². The van der Waals surface area contributed by atoms with E-state index in [1.807, 2.05) is 0 Å². The quantitative estimate of drug-likeness (QED) is 0.166. The van der Waals surface area contributed by atoms with Gasteiger partial charge in [0.05, 0.1) is 50.7 Å². The second-order valence-corrected chi connectivity index (χ2v) is 21.7. The van der Waals surface area contributed by atoms with Crippen LogP contribution in [-0.2, 0) is 0 Å². The Hall–Kier alpha value is -10.1. The van der Waals surface area contributed by atoms with Gasteiger partial charge >= 0.3 is 0 Å². The number of fused-ring (bicyclic) bond motifs is 15. The van der Waals surface area contributed by atoms with Gasteiger partial charge in [0.1, 0.15) is 0 Å². The molecule has 2 aliphatic carbocycles. The molecule has 0 saturated carbocycles. The van der Waals surface area contributed by atoms with Gasteiger partial charge in [-0.2, -0.15) is 9.97 Å². The van der Waals surface area contributed by atoms with Crippen LogP contribution in [0.25, 0.3) is 99.3 Å². The predicted molar refractivity (Wildman–Crippen MR) is 326 cm³/mol. The number of allylic oxidation sites excluding steroid dienone is 4. The van der Waals surface area contributed by atoms with E-state index in [9.17, 15) is 0 Å². The maximum Gasteiger partial charge on any atom is 0.234 e. The highest BCUT2D eigenvalue weighted by molar-refractivity contribution is 6.18. The first kappa shape index (κ1) is 44.1. The van der Waals surface area contributed by atoms with Crippen molar-refractivity contribution in [2.24, 2.45) is 0 Å². The van der Waals surface area contributed by atoms with Gasteiger partial charge in [-0.15, -0.1) is 0 Å². The molecule has 79 heavy (non-hydrogen) atoms. The van der Waals surface area contributed by atoms with Gasteiger partial charge in [0.2, 0.25) is 5.95 Å². The van der Waals surface area contributed by atoms with Gasteiger partial charge in [-0.3, -0.25) is 4.90 Å². The molecule has 13 aromatic rings. The number of nitrogens with zero attached hydrogens (tertiary/aromatic N) is 7. The Morgan fingerprint density at radius 1 is 0.418 bits per heavy atom. The summed E-state index contributed by atoms with van der Waals surface area (Å²) in [6, 6.07) is 77.7. The van der Waals surface area contributed by atoms with E-state index in [0.717, 1.165) is 66.5 Å². The van der Waals surface area contributed by atoms with Crippen LogP contribution in [0.2, 0.25) is 0 Å². The summed E-state index contributed by atoms with van der Waals surface area (Å²) in [5, 5.41) is 9.37. The first-order chi connectivity index (χ1) is 39.0. The molecule has 10 aromatic carbocycles. The molecule has 0 bridgehead atoms. The summed E-state index contributed by atoms with van der Waals surface area (Å²) in [5.41, 5.74) is 14.1. The minimum absolute atomic E-state index is 0.00928. The topological polar surface area (TPSA) is 55.0 Å². The van der Waals surface area contributed by atoms with E-state index in [2.05, 4.69) is 287 Å². The summed E-state index contributed by atoms with van der Waals surface area (Å²) >= 11 is 0. The molecular weight excluding hydrogens is 963 g/mol. The Balaban J connectivity index is 0.938. The normalized spacial score (nSPS) is 18.9. The fourth-order valence-electron chi connectivity index (χ4n) is 13.9. The third-order valence-electron chi connectivity index (χ3n) is 17.4. The fourth-order valence-corrected chi connectivity index (χ4v) is 13.9. The van der Waals surface area contributed by atoms with Crippen LogP contribution in [0.4, 0.5) is 23.0 Å². The number of hydrogen-bond donors (Lipinski definition) is 0. The molecule has 17 rings (SSSR count). The molecule has 0 radical (unpaired) electrons. The largest absolute Gasteiger partial charge is 0.333 e. The second kappa shape index (κ2) is 16.7. The first-order valence-electron chi connectivity index (χ1n) is 27.4. The zero-order valence-corrected chi connectivity index (χ0v) is 43.2. The molecule has 4 aliphatic rings. The summed E-state index contributed by atoms with van der Waals surface area (Å²) in [4.78, 5) is 21.5. The van der Waals surface area contributed by atoms with E-state index in [4.69, 9.17) is 15.0 Å². The fraction of sp³-hybridized carbons (Fsp3) is 0.0694. The SMILES string of the molecule is CC12C=CC=CC1c1ccc3c(c1N2c1nc(-c2ccc4ccccc4c2)nc(-c2ccc4ccccc4c2)n1)c1ccccc1n3-c1cc(N2c3ccccc3C3C=CC=CC32)cc(-n2c3ccccc3c3ccccc32)c1. The van der Waals surface area contributed by atoms with Crippen molar-refractivity contribution >= 4 is 88.2 Å². The van der Waals surface area contributed by atoms with Crippen molar-refractivity contribution in [3.63, 3.8) is 0 Å². The summed E-state index contributed by atoms with van der Waals surface area (Å²) in [6.45, 7) is 2.34. The van der Waals surface area contributed by atoms with Gasteiger partial charge in [0, 0.05) is 55.9 Å². The van der Waals surface area contributed by atoms with Crippen LogP contribution in [0.1, 0.15) is 29.9 Å². The number of aromatic nitrogens is 5. The van der Waals surface area contributed by atoms with Crippen molar-refractivity contribution in [3.8, 4) is 34.2 Å². The molecule has 3 aromatic heterocycles. The average molecular weight is 1010 g/mol.